The summed E-state index contributed by atoms with van der Waals surface area (Å²) in [6.45, 7) is 2.76. The highest BCUT2D eigenvalue weighted by Gasteiger charge is 2.29. The Hall–Kier alpha value is -0.0900. The van der Waals surface area contributed by atoms with Crippen molar-refractivity contribution in [1.29, 1.82) is 0 Å². The molecule has 1 heterocycles. The predicted octanol–water partition coefficient (Wildman–Crippen LogP) is 0.820. The molecule has 0 unspecified atom stereocenters. The lowest BCUT2D eigenvalue weighted by molar-refractivity contribution is 0.383. The number of hydrogen-bond acceptors (Lipinski definition) is 2. The lowest BCUT2D eigenvalue weighted by atomic mass is 10.2. The largest absolute Gasteiger partial charge is 0.212 e. The van der Waals surface area contributed by atoms with Gasteiger partial charge in [-0.25, -0.2) is 8.42 Å². The summed E-state index contributed by atoms with van der Waals surface area (Å²) in [4.78, 5) is 0. The monoisotopic (exact) mass is 177 g/mol. The minimum absolute atomic E-state index is 0.269. The fraction of sp³-hybridized carbons (Fsp3) is 1.00. The van der Waals surface area contributed by atoms with Crippen LogP contribution in [0.5, 0.6) is 0 Å². The maximum atomic E-state index is 11.1. The van der Waals surface area contributed by atoms with Gasteiger partial charge in [0.2, 0.25) is 10.0 Å². The van der Waals surface area contributed by atoms with Gasteiger partial charge in [-0.2, -0.15) is 4.31 Å². The van der Waals surface area contributed by atoms with Crippen LogP contribution in [0.2, 0.25) is 0 Å². The van der Waals surface area contributed by atoms with E-state index in [0.29, 0.717) is 0 Å². The van der Waals surface area contributed by atoms with Gasteiger partial charge >= 0.3 is 0 Å². The van der Waals surface area contributed by atoms with E-state index in [-0.39, 0.29) is 6.04 Å². The van der Waals surface area contributed by atoms with E-state index in [0.717, 1.165) is 25.8 Å². The Balaban J connectivity index is 2.72. The third-order valence-electron chi connectivity index (χ3n) is 2.22. The fourth-order valence-electron chi connectivity index (χ4n) is 1.65. The van der Waals surface area contributed by atoms with E-state index in [1.54, 1.807) is 4.31 Å². The second kappa shape index (κ2) is 3.11. The molecule has 1 aliphatic rings. The van der Waals surface area contributed by atoms with Gasteiger partial charge in [0.15, 0.2) is 0 Å². The number of hydrogen-bond donors (Lipinski definition) is 0. The zero-order valence-corrected chi connectivity index (χ0v) is 7.89. The van der Waals surface area contributed by atoms with Crippen LogP contribution in [0.3, 0.4) is 0 Å². The van der Waals surface area contributed by atoms with Crippen molar-refractivity contribution in [2.75, 3.05) is 12.8 Å². The van der Waals surface area contributed by atoms with Crippen LogP contribution >= 0.6 is 0 Å². The number of sulfonamides is 1. The Kier molecular flexibility index (Phi) is 2.54. The first-order valence-electron chi connectivity index (χ1n) is 4.02. The molecule has 0 aliphatic carbocycles. The number of rotatable bonds is 2. The molecule has 0 aromatic heterocycles. The van der Waals surface area contributed by atoms with Gasteiger partial charge in [-0.15, -0.1) is 0 Å². The average molecular weight is 177 g/mol. The Bertz CT molecular complexity index is 223. The molecule has 1 saturated heterocycles. The van der Waals surface area contributed by atoms with Crippen LogP contribution in [0, 0.1) is 0 Å². The van der Waals surface area contributed by atoms with Crippen LogP contribution < -0.4 is 0 Å². The summed E-state index contributed by atoms with van der Waals surface area (Å²) in [6, 6.07) is 0.269. The summed E-state index contributed by atoms with van der Waals surface area (Å²) in [7, 11) is -2.93. The second-order valence-corrected chi connectivity index (χ2v) is 5.01. The summed E-state index contributed by atoms with van der Waals surface area (Å²) in [5, 5.41) is 0. The van der Waals surface area contributed by atoms with Crippen molar-refractivity contribution in [1.82, 2.24) is 4.31 Å². The molecule has 11 heavy (non-hydrogen) atoms. The Morgan fingerprint density at radius 3 is 2.55 bits per heavy atom. The van der Waals surface area contributed by atoms with E-state index in [1.165, 1.54) is 6.26 Å². The predicted molar refractivity (Wildman–Crippen MR) is 44.9 cm³/mol. The molecule has 1 rings (SSSR count). The number of nitrogens with zero attached hydrogens (tertiary/aromatic N) is 1. The van der Waals surface area contributed by atoms with Crippen LogP contribution in [0.25, 0.3) is 0 Å². The lowest BCUT2D eigenvalue weighted by Crippen LogP contribution is -2.34. The average Bonchev–Trinajstić information content (AvgIpc) is 2.31. The molecular weight excluding hydrogens is 162 g/mol. The summed E-state index contributed by atoms with van der Waals surface area (Å²) in [6.07, 6.45) is 4.28. The van der Waals surface area contributed by atoms with E-state index >= 15 is 0 Å². The summed E-state index contributed by atoms with van der Waals surface area (Å²) < 4.78 is 23.9. The molecule has 3 nitrogen and oxygen atoms in total. The van der Waals surface area contributed by atoms with Crippen molar-refractivity contribution >= 4 is 10.0 Å². The zero-order chi connectivity index (χ0) is 8.48. The van der Waals surface area contributed by atoms with Gasteiger partial charge in [0.25, 0.3) is 0 Å². The van der Waals surface area contributed by atoms with Gasteiger partial charge in [-0.3, -0.25) is 0 Å². The Morgan fingerprint density at radius 2 is 2.18 bits per heavy atom. The smallest absolute Gasteiger partial charge is 0.211 e. The maximum absolute atomic E-state index is 11.1. The topological polar surface area (TPSA) is 37.4 Å². The molecule has 4 heteroatoms. The van der Waals surface area contributed by atoms with Gasteiger partial charge in [-0.05, 0) is 19.3 Å². The molecule has 0 aromatic carbocycles. The van der Waals surface area contributed by atoms with Crippen molar-refractivity contribution in [2.45, 2.75) is 32.2 Å². The quantitative estimate of drug-likeness (QED) is 0.626. The molecule has 0 radical (unpaired) electrons. The van der Waals surface area contributed by atoms with Gasteiger partial charge in [0.05, 0.1) is 6.26 Å². The molecule has 0 saturated carbocycles. The van der Waals surface area contributed by atoms with E-state index in [1.807, 2.05) is 6.92 Å². The molecule has 0 N–H and O–H groups in total. The minimum atomic E-state index is -2.93. The summed E-state index contributed by atoms with van der Waals surface area (Å²) in [5.74, 6) is 0. The Labute approximate surface area is 68.4 Å². The SMILES string of the molecule is CC[C@@H]1CCCN1S(C)(=O)=O. The zero-order valence-electron chi connectivity index (χ0n) is 7.08. The van der Waals surface area contributed by atoms with Crippen LogP contribution in [0.1, 0.15) is 26.2 Å². The standard InChI is InChI=1S/C7H15NO2S/c1-3-7-5-4-6-8(7)11(2,9)10/h7H,3-6H2,1-2H3/t7-/m1/s1. The third kappa shape index (κ3) is 1.93. The summed E-state index contributed by atoms with van der Waals surface area (Å²) in [5.41, 5.74) is 0. The van der Waals surface area contributed by atoms with Gasteiger partial charge in [0.1, 0.15) is 0 Å². The first kappa shape index (κ1) is 9.00. The van der Waals surface area contributed by atoms with E-state index in [4.69, 9.17) is 0 Å². The van der Waals surface area contributed by atoms with E-state index in [9.17, 15) is 8.42 Å². The Morgan fingerprint density at radius 1 is 1.55 bits per heavy atom. The molecular formula is C7H15NO2S. The molecule has 1 fully saturated rings. The molecule has 0 aromatic rings. The van der Waals surface area contributed by atoms with Crippen molar-refractivity contribution in [3.63, 3.8) is 0 Å². The highest BCUT2D eigenvalue weighted by Crippen LogP contribution is 2.21. The van der Waals surface area contributed by atoms with Gasteiger partial charge in [-0.1, -0.05) is 6.92 Å². The molecule has 66 valence electrons. The van der Waals surface area contributed by atoms with Gasteiger partial charge in [0, 0.05) is 12.6 Å². The van der Waals surface area contributed by atoms with E-state index in [2.05, 4.69) is 0 Å². The highest BCUT2D eigenvalue weighted by atomic mass is 32.2. The molecule has 1 aliphatic heterocycles. The second-order valence-electron chi connectivity index (χ2n) is 3.08. The van der Waals surface area contributed by atoms with Crippen molar-refractivity contribution in [2.24, 2.45) is 0 Å². The molecule has 1 atom stereocenters. The molecule has 0 amide bonds. The first-order valence-corrected chi connectivity index (χ1v) is 5.87. The van der Waals surface area contributed by atoms with Crippen molar-refractivity contribution in [3.05, 3.63) is 0 Å². The van der Waals surface area contributed by atoms with Crippen molar-refractivity contribution < 1.29 is 8.42 Å². The van der Waals surface area contributed by atoms with Crippen LogP contribution in [0.4, 0.5) is 0 Å². The third-order valence-corrected chi connectivity index (χ3v) is 3.55. The van der Waals surface area contributed by atoms with Crippen molar-refractivity contribution in [3.8, 4) is 0 Å². The normalized spacial score (nSPS) is 27.6. The van der Waals surface area contributed by atoms with E-state index < -0.39 is 10.0 Å². The minimum Gasteiger partial charge on any atom is -0.212 e. The highest BCUT2D eigenvalue weighted by molar-refractivity contribution is 7.88. The molecule has 0 spiro atoms. The lowest BCUT2D eigenvalue weighted by Gasteiger charge is -2.20. The summed E-state index contributed by atoms with van der Waals surface area (Å²) >= 11 is 0. The fourth-order valence-corrected chi connectivity index (χ4v) is 2.91. The van der Waals surface area contributed by atoms with Crippen LogP contribution in [-0.4, -0.2) is 31.6 Å². The van der Waals surface area contributed by atoms with Crippen LogP contribution in [0.15, 0.2) is 0 Å². The van der Waals surface area contributed by atoms with Gasteiger partial charge < -0.3 is 0 Å². The van der Waals surface area contributed by atoms with Crippen LogP contribution in [-0.2, 0) is 10.0 Å². The molecule has 0 bridgehead atoms. The first-order chi connectivity index (χ1) is 5.05. The maximum Gasteiger partial charge on any atom is 0.211 e.